The van der Waals surface area contributed by atoms with E-state index in [1.807, 2.05) is 0 Å². The second-order valence-corrected chi connectivity index (χ2v) is 5.07. The number of amides is 1. The van der Waals surface area contributed by atoms with Crippen LogP contribution in [-0.2, 0) is 0 Å². The quantitative estimate of drug-likeness (QED) is 0.811. The molecule has 0 aromatic heterocycles. The first-order valence-electron chi connectivity index (χ1n) is 4.40. The van der Waals surface area contributed by atoms with Crippen molar-refractivity contribution in [3.05, 3.63) is 32.7 Å². The van der Waals surface area contributed by atoms with Gasteiger partial charge in [0, 0.05) is 21.6 Å². The number of hydrogen-bond acceptors (Lipinski definition) is 1. The minimum absolute atomic E-state index is 0.365. The number of halogens is 4. The molecule has 0 bridgehead atoms. The molecule has 0 heterocycles. The maximum absolute atomic E-state index is 12.1. The average molecular weight is 357 g/mol. The highest BCUT2D eigenvalue weighted by atomic mass is 79.9. The Morgan fingerprint density at radius 3 is 2.25 bits per heavy atom. The number of rotatable bonds is 3. The van der Waals surface area contributed by atoms with Crippen molar-refractivity contribution in [3.8, 4) is 0 Å². The Bertz CT molecular complexity index is 378. The van der Waals surface area contributed by atoms with E-state index in [-0.39, 0.29) is 0 Å². The molecule has 0 fully saturated rings. The van der Waals surface area contributed by atoms with Crippen LogP contribution in [0.25, 0.3) is 0 Å². The molecule has 88 valence electrons. The summed E-state index contributed by atoms with van der Waals surface area (Å²) in [5.41, 5.74) is 0.365. The van der Waals surface area contributed by atoms with Crippen molar-refractivity contribution in [3.63, 3.8) is 0 Å². The van der Waals surface area contributed by atoms with E-state index >= 15 is 0 Å². The molecule has 0 atom stereocenters. The van der Waals surface area contributed by atoms with Crippen LogP contribution in [0, 0.1) is 0 Å². The second-order valence-electron chi connectivity index (χ2n) is 3.23. The summed E-state index contributed by atoms with van der Waals surface area (Å²) >= 11 is 6.46. The first-order chi connectivity index (χ1) is 7.40. The predicted molar refractivity (Wildman–Crippen MR) is 64.8 cm³/mol. The number of carbonyl (C=O) groups is 1. The van der Waals surface area contributed by atoms with Gasteiger partial charge in [0.25, 0.3) is 12.3 Å². The summed E-state index contributed by atoms with van der Waals surface area (Å²) < 4.78 is 25.7. The van der Waals surface area contributed by atoms with Gasteiger partial charge in [-0.2, -0.15) is 0 Å². The van der Waals surface area contributed by atoms with Gasteiger partial charge in [0.2, 0.25) is 0 Å². The fourth-order valence-electron chi connectivity index (χ4n) is 1.19. The van der Waals surface area contributed by atoms with Crippen LogP contribution in [0.5, 0.6) is 0 Å². The monoisotopic (exact) mass is 355 g/mol. The minimum Gasteiger partial charge on any atom is -0.336 e. The fourth-order valence-corrected chi connectivity index (χ4v) is 2.48. The number of hydrogen-bond donors (Lipinski definition) is 0. The van der Waals surface area contributed by atoms with Gasteiger partial charge in [-0.1, -0.05) is 31.9 Å². The fraction of sp³-hybridized carbons (Fsp3) is 0.300. The van der Waals surface area contributed by atoms with E-state index in [4.69, 9.17) is 0 Å². The highest BCUT2D eigenvalue weighted by Crippen LogP contribution is 2.21. The van der Waals surface area contributed by atoms with Crippen LogP contribution in [0.1, 0.15) is 10.4 Å². The van der Waals surface area contributed by atoms with Crippen molar-refractivity contribution < 1.29 is 13.6 Å². The Morgan fingerprint density at radius 2 is 1.81 bits per heavy atom. The van der Waals surface area contributed by atoms with E-state index in [1.165, 1.54) is 7.05 Å². The van der Waals surface area contributed by atoms with Crippen LogP contribution in [0.2, 0.25) is 0 Å². The largest absolute Gasteiger partial charge is 0.336 e. The molecule has 0 saturated heterocycles. The molecule has 0 saturated carbocycles. The Kier molecular flexibility index (Phi) is 4.86. The van der Waals surface area contributed by atoms with E-state index in [0.717, 1.165) is 13.8 Å². The van der Waals surface area contributed by atoms with Gasteiger partial charge in [-0.25, -0.2) is 8.78 Å². The topological polar surface area (TPSA) is 20.3 Å². The maximum Gasteiger partial charge on any atom is 0.255 e. The van der Waals surface area contributed by atoms with E-state index in [0.29, 0.717) is 5.56 Å². The molecule has 1 aromatic carbocycles. The standard InChI is InChI=1S/C10H9Br2F2NO/c1-15(5-9(13)14)10(16)6-2-7(11)4-8(12)3-6/h2-4,9H,5H2,1H3. The SMILES string of the molecule is CN(CC(F)F)C(=O)c1cc(Br)cc(Br)c1. The van der Waals surface area contributed by atoms with Gasteiger partial charge in [0.05, 0.1) is 6.54 Å². The van der Waals surface area contributed by atoms with Gasteiger partial charge in [-0.05, 0) is 18.2 Å². The summed E-state index contributed by atoms with van der Waals surface area (Å²) in [6.07, 6.45) is -2.52. The molecule has 0 N–H and O–H groups in total. The lowest BCUT2D eigenvalue weighted by Crippen LogP contribution is -2.31. The molecule has 1 amide bonds. The van der Waals surface area contributed by atoms with E-state index in [2.05, 4.69) is 31.9 Å². The highest BCUT2D eigenvalue weighted by molar-refractivity contribution is 9.11. The van der Waals surface area contributed by atoms with Crippen LogP contribution < -0.4 is 0 Å². The summed E-state index contributed by atoms with van der Waals surface area (Å²) in [5.74, 6) is -0.428. The zero-order valence-electron chi connectivity index (χ0n) is 8.38. The van der Waals surface area contributed by atoms with Gasteiger partial charge in [-0.3, -0.25) is 4.79 Å². The Balaban J connectivity index is 2.87. The zero-order chi connectivity index (χ0) is 12.3. The number of nitrogens with zero attached hydrogens (tertiary/aromatic N) is 1. The van der Waals surface area contributed by atoms with Gasteiger partial charge in [-0.15, -0.1) is 0 Å². The van der Waals surface area contributed by atoms with Crippen molar-refractivity contribution in [2.45, 2.75) is 6.43 Å². The van der Waals surface area contributed by atoms with Crippen LogP contribution >= 0.6 is 31.9 Å². The van der Waals surface area contributed by atoms with E-state index in [9.17, 15) is 13.6 Å². The molecular weight excluding hydrogens is 348 g/mol. The molecule has 0 unspecified atom stereocenters. The van der Waals surface area contributed by atoms with Crippen molar-refractivity contribution in [2.24, 2.45) is 0 Å². The first-order valence-corrected chi connectivity index (χ1v) is 5.98. The molecule has 2 nitrogen and oxygen atoms in total. The van der Waals surface area contributed by atoms with Crippen molar-refractivity contribution in [1.29, 1.82) is 0 Å². The van der Waals surface area contributed by atoms with E-state index < -0.39 is 18.9 Å². The third-order valence-corrected chi connectivity index (χ3v) is 2.78. The molecule has 1 aromatic rings. The van der Waals surface area contributed by atoms with Crippen molar-refractivity contribution in [1.82, 2.24) is 4.90 Å². The summed E-state index contributed by atoms with van der Waals surface area (Å²) in [6.45, 7) is -0.567. The van der Waals surface area contributed by atoms with E-state index in [1.54, 1.807) is 18.2 Å². The summed E-state index contributed by atoms with van der Waals surface area (Å²) in [4.78, 5) is 12.7. The number of alkyl halides is 2. The summed E-state index contributed by atoms with van der Waals surface area (Å²) in [7, 11) is 1.35. The highest BCUT2D eigenvalue weighted by Gasteiger charge is 2.16. The minimum atomic E-state index is -2.52. The molecule has 16 heavy (non-hydrogen) atoms. The lowest BCUT2D eigenvalue weighted by Gasteiger charge is -2.16. The van der Waals surface area contributed by atoms with Crippen LogP contribution in [0.3, 0.4) is 0 Å². The number of benzene rings is 1. The average Bonchev–Trinajstić information content (AvgIpc) is 2.13. The first kappa shape index (κ1) is 13.6. The third kappa shape index (κ3) is 3.83. The van der Waals surface area contributed by atoms with Gasteiger partial charge < -0.3 is 4.90 Å². The second kappa shape index (κ2) is 5.72. The smallest absolute Gasteiger partial charge is 0.255 e. The van der Waals surface area contributed by atoms with Crippen LogP contribution in [0.15, 0.2) is 27.1 Å². The maximum atomic E-state index is 12.1. The molecule has 0 aliphatic carbocycles. The lowest BCUT2D eigenvalue weighted by atomic mass is 10.2. The molecule has 0 radical (unpaired) electrons. The van der Waals surface area contributed by atoms with Crippen molar-refractivity contribution >= 4 is 37.8 Å². The van der Waals surface area contributed by atoms with Gasteiger partial charge in [0.1, 0.15) is 0 Å². The molecule has 6 heteroatoms. The molecule has 0 aliphatic heterocycles. The summed E-state index contributed by atoms with van der Waals surface area (Å²) in [6, 6.07) is 4.95. The van der Waals surface area contributed by atoms with Crippen LogP contribution in [0.4, 0.5) is 8.78 Å². The molecule has 1 rings (SSSR count). The molecule has 0 spiro atoms. The normalized spacial score (nSPS) is 10.6. The lowest BCUT2D eigenvalue weighted by molar-refractivity contribution is 0.0620. The third-order valence-electron chi connectivity index (χ3n) is 1.87. The molecular formula is C10H9Br2F2NO. The number of carbonyl (C=O) groups excluding carboxylic acids is 1. The predicted octanol–water partition coefficient (Wildman–Crippen LogP) is 3.55. The zero-order valence-corrected chi connectivity index (χ0v) is 11.6. The Labute approximate surface area is 109 Å². The summed E-state index contributed by atoms with van der Waals surface area (Å²) in [5, 5.41) is 0. The molecule has 0 aliphatic rings. The Hall–Kier alpha value is -0.490. The van der Waals surface area contributed by atoms with Crippen molar-refractivity contribution in [2.75, 3.05) is 13.6 Å². The Morgan fingerprint density at radius 1 is 1.31 bits per heavy atom. The van der Waals surface area contributed by atoms with Gasteiger partial charge >= 0.3 is 0 Å². The van der Waals surface area contributed by atoms with Gasteiger partial charge in [0.15, 0.2) is 0 Å². The van der Waals surface area contributed by atoms with Crippen LogP contribution in [-0.4, -0.2) is 30.8 Å².